The Morgan fingerprint density at radius 2 is 2.10 bits per heavy atom. The van der Waals surface area contributed by atoms with Gasteiger partial charge in [-0.15, -0.1) is 11.3 Å². The molecule has 2 N–H and O–H groups in total. The lowest BCUT2D eigenvalue weighted by Gasteiger charge is -2.01. The third-order valence-corrected chi connectivity index (χ3v) is 3.69. The average Bonchev–Trinajstić information content (AvgIpc) is 2.87. The number of hydrogen-bond donors (Lipinski definition) is 2. The first-order chi connectivity index (χ1) is 9.78. The summed E-state index contributed by atoms with van der Waals surface area (Å²) in [7, 11) is 0. The molecule has 106 valence electrons. The number of carbonyl (C=O) groups is 1. The van der Waals surface area contributed by atoms with Crippen LogP contribution in [0.4, 0.5) is 0 Å². The highest BCUT2D eigenvalue weighted by atomic mass is 32.1. The summed E-state index contributed by atoms with van der Waals surface area (Å²) in [6.45, 7) is 0.606. The maximum Gasteiger partial charge on any atom is 0.226 e. The van der Waals surface area contributed by atoms with Crippen molar-refractivity contribution in [1.82, 2.24) is 10.3 Å². The third-order valence-electron chi connectivity index (χ3n) is 2.80. The van der Waals surface area contributed by atoms with Gasteiger partial charge in [-0.25, -0.2) is 4.98 Å². The minimum atomic E-state index is -0.0463. The number of hydrogen-bond acceptors (Lipinski definition) is 4. The monoisotopic (exact) mass is 290 g/mol. The Kier molecular flexibility index (Phi) is 5.70. The molecule has 0 atom stereocenters. The van der Waals surface area contributed by atoms with Crippen LogP contribution in [0.15, 0.2) is 35.7 Å². The van der Waals surface area contributed by atoms with Gasteiger partial charge in [0.2, 0.25) is 5.91 Å². The Morgan fingerprint density at radius 3 is 2.85 bits per heavy atom. The Hall–Kier alpha value is -1.72. The smallest absolute Gasteiger partial charge is 0.226 e. The molecule has 2 aromatic rings. The molecule has 4 nitrogen and oxygen atoms in total. The molecule has 0 unspecified atom stereocenters. The number of nitrogens with zero attached hydrogens (tertiary/aromatic N) is 1. The van der Waals surface area contributed by atoms with Gasteiger partial charge in [-0.3, -0.25) is 4.79 Å². The van der Waals surface area contributed by atoms with E-state index in [1.807, 2.05) is 23.6 Å². The Balaban J connectivity index is 1.84. The first-order valence-corrected chi connectivity index (χ1v) is 7.50. The maximum absolute atomic E-state index is 11.6. The van der Waals surface area contributed by atoms with Gasteiger partial charge in [0.1, 0.15) is 0 Å². The molecule has 0 aliphatic heterocycles. The molecule has 2 rings (SSSR count). The molecule has 5 heteroatoms. The maximum atomic E-state index is 11.6. The largest absolute Gasteiger partial charge is 0.396 e. The number of rotatable bonds is 7. The predicted octanol–water partition coefficient (Wildman–Crippen LogP) is 1.77. The van der Waals surface area contributed by atoms with Gasteiger partial charge in [-0.2, -0.15) is 0 Å². The Labute approximate surface area is 122 Å². The minimum Gasteiger partial charge on any atom is -0.396 e. The van der Waals surface area contributed by atoms with E-state index in [9.17, 15) is 4.79 Å². The summed E-state index contributed by atoms with van der Waals surface area (Å²) >= 11 is 1.58. The van der Waals surface area contributed by atoms with Crippen LogP contribution in [-0.4, -0.2) is 29.1 Å². The summed E-state index contributed by atoms with van der Waals surface area (Å²) in [6, 6.07) is 10.2. The lowest BCUT2D eigenvalue weighted by atomic mass is 10.2. The molecule has 1 heterocycles. The zero-order chi connectivity index (χ0) is 14.2. The number of nitrogens with one attached hydrogen (secondary N) is 1. The zero-order valence-corrected chi connectivity index (χ0v) is 12.0. The van der Waals surface area contributed by atoms with E-state index in [0.717, 1.165) is 17.1 Å². The molecule has 1 amide bonds. The molecule has 1 aromatic heterocycles. The highest BCUT2D eigenvalue weighted by Crippen LogP contribution is 2.15. The second-order valence-corrected chi connectivity index (χ2v) is 5.44. The van der Waals surface area contributed by atoms with Crippen molar-refractivity contribution < 1.29 is 9.90 Å². The molecular weight excluding hydrogens is 272 g/mol. The molecule has 0 spiro atoms. The number of amides is 1. The normalized spacial score (nSPS) is 10.4. The molecule has 0 aliphatic rings. The second-order valence-electron chi connectivity index (χ2n) is 4.50. The van der Waals surface area contributed by atoms with Crippen LogP contribution in [0, 0.1) is 0 Å². The summed E-state index contributed by atoms with van der Waals surface area (Å²) in [4.78, 5) is 16.1. The van der Waals surface area contributed by atoms with Crippen molar-refractivity contribution in [3.63, 3.8) is 0 Å². The van der Waals surface area contributed by atoms with Gasteiger partial charge >= 0.3 is 0 Å². The molecule has 0 radical (unpaired) electrons. The average molecular weight is 290 g/mol. The molecular formula is C15H18N2O2S. The van der Waals surface area contributed by atoms with Crippen LogP contribution in [0.2, 0.25) is 0 Å². The summed E-state index contributed by atoms with van der Waals surface area (Å²) in [5, 5.41) is 14.4. The highest BCUT2D eigenvalue weighted by Gasteiger charge is 2.07. The summed E-state index contributed by atoms with van der Waals surface area (Å²) in [5.74, 6) is -0.0463. The van der Waals surface area contributed by atoms with Gasteiger partial charge < -0.3 is 10.4 Å². The quantitative estimate of drug-likeness (QED) is 0.764. The van der Waals surface area contributed by atoms with Crippen LogP contribution in [0.25, 0.3) is 0 Å². The fourth-order valence-electron chi connectivity index (χ4n) is 1.82. The molecule has 1 aromatic carbocycles. The molecule has 0 fully saturated rings. The minimum absolute atomic E-state index is 0.0463. The summed E-state index contributed by atoms with van der Waals surface area (Å²) < 4.78 is 0. The number of aliphatic hydroxyl groups excluding tert-OH is 1. The number of carbonyl (C=O) groups excluding carboxylic acids is 1. The highest BCUT2D eigenvalue weighted by molar-refractivity contribution is 7.09. The van der Waals surface area contributed by atoms with Crippen molar-refractivity contribution in [2.45, 2.75) is 19.3 Å². The standard InChI is InChI=1S/C15H18N2O2S/c18-8-4-7-16-14(19)10-13-11-20-15(17-13)9-12-5-2-1-3-6-12/h1-3,5-6,11,18H,4,7-10H2,(H,16,19). The van der Waals surface area contributed by atoms with Crippen LogP contribution >= 0.6 is 11.3 Å². The fraction of sp³-hybridized carbons (Fsp3) is 0.333. The number of aromatic nitrogens is 1. The second kappa shape index (κ2) is 7.77. The van der Waals surface area contributed by atoms with E-state index in [4.69, 9.17) is 5.11 Å². The van der Waals surface area contributed by atoms with Crippen LogP contribution in [0.3, 0.4) is 0 Å². The molecule has 0 saturated carbocycles. The van der Waals surface area contributed by atoms with Gasteiger partial charge in [0.25, 0.3) is 0 Å². The fourth-order valence-corrected chi connectivity index (χ4v) is 2.64. The van der Waals surface area contributed by atoms with Gasteiger partial charge in [0.05, 0.1) is 17.1 Å². The SMILES string of the molecule is O=C(Cc1csc(Cc2ccccc2)n1)NCCCO. The third kappa shape index (κ3) is 4.75. The van der Waals surface area contributed by atoms with Crippen molar-refractivity contribution in [3.8, 4) is 0 Å². The van der Waals surface area contributed by atoms with Crippen molar-refractivity contribution in [1.29, 1.82) is 0 Å². The van der Waals surface area contributed by atoms with Gasteiger partial charge in [0.15, 0.2) is 0 Å². The van der Waals surface area contributed by atoms with Crippen molar-refractivity contribution in [3.05, 3.63) is 52.0 Å². The van der Waals surface area contributed by atoms with Crippen LogP contribution < -0.4 is 5.32 Å². The summed E-state index contributed by atoms with van der Waals surface area (Å²) in [6.07, 6.45) is 1.69. The van der Waals surface area contributed by atoms with Gasteiger partial charge in [-0.1, -0.05) is 30.3 Å². The number of thiazole rings is 1. The van der Waals surface area contributed by atoms with Gasteiger partial charge in [0, 0.05) is 25.0 Å². The molecule has 0 aliphatic carbocycles. The Bertz CT molecular complexity index is 540. The Morgan fingerprint density at radius 1 is 1.30 bits per heavy atom. The van der Waals surface area contributed by atoms with E-state index in [0.29, 0.717) is 19.4 Å². The first-order valence-electron chi connectivity index (χ1n) is 6.62. The summed E-state index contributed by atoms with van der Waals surface area (Å²) in [5.41, 5.74) is 2.03. The number of aliphatic hydroxyl groups is 1. The zero-order valence-electron chi connectivity index (χ0n) is 11.2. The lowest BCUT2D eigenvalue weighted by molar-refractivity contribution is -0.120. The van der Waals surface area contributed by atoms with Crippen LogP contribution in [0.1, 0.15) is 22.7 Å². The number of benzene rings is 1. The first kappa shape index (κ1) is 14.7. The van der Waals surface area contributed by atoms with E-state index in [-0.39, 0.29) is 12.5 Å². The lowest BCUT2D eigenvalue weighted by Crippen LogP contribution is -2.26. The van der Waals surface area contributed by atoms with Crippen molar-refractivity contribution in [2.75, 3.05) is 13.2 Å². The van der Waals surface area contributed by atoms with Crippen LogP contribution in [0.5, 0.6) is 0 Å². The van der Waals surface area contributed by atoms with Gasteiger partial charge in [-0.05, 0) is 12.0 Å². The van der Waals surface area contributed by atoms with E-state index < -0.39 is 0 Å². The van der Waals surface area contributed by atoms with Crippen molar-refractivity contribution >= 4 is 17.2 Å². The van der Waals surface area contributed by atoms with Crippen molar-refractivity contribution in [2.24, 2.45) is 0 Å². The topological polar surface area (TPSA) is 62.2 Å². The van der Waals surface area contributed by atoms with E-state index in [2.05, 4.69) is 22.4 Å². The molecule has 20 heavy (non-hydrogen) atoms. The van der Waals surface area contributed by atoms with E-state index in [1.54, 1.807) is 11.3 Å². The molecule has 0 bridgehead atoms. The van der Waals surface area contributed by atoms with E-state index in [1.165, 1.54) is 5.56 Å². The predicted molar refractivity (Wildman–Crippen MR) is 79.8 cm³/mol. The molecule has 0 saturated heterocycles. The van der Waals surface area contributed by atoms with Crippen LogP contribution in [-0.2, 0) is 17.6 Å². The van der Waals surface area contributed by atoms with E-state index >= 15 is 0 Å².